The summed E-state index contributed by atoms with van der Waals surface area (Å²) in [6, 6.07) is 11.3. The van der Waals surface area contributed by atoms with Gasteiger partial charge in [-0.05, 0) is 6.92 Å². The Morgan fingerprint density at radius 1 is 1.15 bits per heavy atom. The van der Waals surface area contributed by atoms with Crippen LogP contribution in [0.25, 0.3) is 15.5 Å². The van der Waals surface area contributed by atoms with Gasteiger partial charge in [0.25, 0.3) is 11.5 Å². The molecule has 4 rings (SSSR count). The number of carbonyl (C=O) groups is 1. The maximum atomic E-state index is 12.3. The van der Waals surface area contributed by atoms with Crippen molar-refractivity contribution in [2.45, 2.75) is 13.3 Å². The fourth-order valence-electron chi connectivity index (χ4n) is 2.74. The van der Waals surface area contributed by atoms with Gasteiger partial charge in [0, 0.05) is 46.7 Å². The number of benzene rings is 1. The van der Waals surface area contributed by atoms with E-state index in [0.717, 1.165) is 16.3 Å². The van der Waals surface area contributed by atoms with Crippen molar-refractivity contribution in [3.05, 3.63) is 74.6 Å². The van der Waals surface area contributed by atoms with E-state index < -0.39 is 0 Å². The van der Waals surface area contributed by atoms with E-state index in [4.69, 9.17) is 0 Å². The van der Waals surface area contributed by atoms with Crippen molar-refractivity contribution in [1.29, 1.82) is 0 Å². The Labute approximate surface area is 163 Å². The van der Waals surface area contributed by atoms with E-state index in [0.29, 0.717) is 29.3 Å². The Morgan fingerprint density at radius 2 is 1.96 bits per heavy atom. The highest BCUT2D eigenvalue weighted by Gasteiger charge is 2.12. The summed E-state index contributed by atoms with van der Waals surface area (Å²) in [5.41, 5.74) is 2.86. The molecule has 3 aromatic heterocycles. The molecule has 1 N–H and O–H groups in total. The monoisotopic (exact) mass is 396 g/mol. The Balaban J connectivity index is 1.42. The zero-order valence-corrected chi connectivity index (χ0v) is 16.1. The highest BCUT2D eigenvalue weighted by atomic mass is 32.1. The summed E-state index contributed by atoms with van der Waals surface area (Å²) in [6.45, 7) is 2.22. The van der Waals surface area contributed by atoms with Crippen molar-refractivity contribution in [3.8, 4) is 10.6 Å². The van der Waals surface area contributed by atoms with Crippen LogP contribution in [0.15, 0.2) is 52.0 Å². The van der Waals surface area contributed by atoms with Crippen LogP contribution in [-0.4, -0.2) is 26.8 Å². The maximum Gasteiger partial charge on any atom is 0.270 e. The highest BCUT2D eigenvalue weighted by Crippen LogP contribution is 2.23. The summed E-state index contributed by atoms with van der Waals surface area (Å²) in [5, 5.41) is 7.36. The molecule has 0 radical (unpaired) electrons. The summed E-state index contributed by atoms with van der Waals surface area (Å²) in [4.78, 5) is 34.0. The fourth-order valence-corrected chi connectivity index (χ4v) is 4.52. The zero-order chi connectivity index (χ0) is 18.8. The van der Waals surface area contributed by atoms with Crippen LogP contribution in [0, 0.1) is 6.92 Å². The number of thiazole rings is 2. The molecule has 0 atom stereocenters. The molecule has 0 aliphatic rings. The lowest BCUT2D eigenvalue weighted by molar-refractivity contribution is 0.0950. The third-order valence-electron chi connectivity index (χ3n) is 4.03. The lowest BCUT2D eigenvalue weighted by Gasteiger charge is -2.04. The number of nitrogens with one attached hydrogen (secondary N) is 1. The van der Waals surface area contributed by atoms with Gasteiger partial charge in [-0.25, -0.2) is 9.97 Å². The van der Waals surface area contributed by atoms with E-state index in [9.17, 15) is 9.59 Å². The van der Waals surface area contributed by atoms with Gasteiger partial charge in [0.05, 0.1) is 0 Å². The van der Waals surface area contributed by atoms with E-state index in [1.165, 1.54) is 28.7 Å². The number of nitrogens with zero attached hydrogens (tertiary/aromatic N) is 3. The number of fused-ring (bicyclic) bond motifs is 1. The molecule has 0 spiro atoms. The normalized spacial score (nSPS) is 11.0. The van der Waals surface area contributed by atoms with Crippen LogP contribution >= 0.6 is 22.7 Å². The van der Waals surface area contributed by atoms with Gasteiger partial charge in [-0.2, -0.15) is 0 Å². The van der Waals surface area contributed by atoms with Gasteiger partial charge < -0.3 is 5.32 Å². The van der Waals surface area contributed by atoms with Crippen LogP contribution in [0.5, 0.6) is 0 Å². The molecule has 0 bridgehead atoms. The van der Waals surface area contributed by atoms with Crippen LogP contribution in [0.3, 0.4) is 0 Å². The molecular weight excluding hydrogens is 380 g/mol. The number of aryl methyl sites for hydroxylation is 1. The SMILES string of the molecule is Cc1cc(=O)n2c(CCNC(=O)c3csc(-c4ccccc4)n3)csc2n1. The average Bonchev–Trinajstić information content (AvgIpc) is 3.30. The molecule has 3 heterocycles. The molecule has 136 valence electrons. The summed E-state index contributed by atoms with van der Waals surface area (Å²) in [5.74, 6) is -0.214. The van der Waals surface area contributed by atoms with Gasteiger partial charge in [0.2, 0.25) is 0 Å². The van der Waals surface area contributed by atoms with E-state index in [1.54, 1.807) is 16.7 Å². The first-order chi connectivity index (χ1) is 13.1. The molecule has 1 amide bonds. The smallest absolute Gasteiger partial charge is 0.270 e. The van der Waals surface area contributed by atoms with E-state index in [2.05, 4.69) is 15.3 Å². The third kappa shape index (κ3) is 3.67. The maximum absolute atomic E-state index is 12.3. The van der Waals surface area contributed by atoms with Crippen LogP contribution < -0.4 is 10.9 Å². The van der Waals surface area contributed by atoms with E-state index >= 15 is 0 Å². The minimum Gasteiger partial charge on any atom is -0.350 e. The van der Waals surface area contributed by atoms with Crippen molar-refractivity contribution >= 4 is 33.5 Å². The van der Waals surface area contributed by atoms with Crippen molar-refractivity contribution in [1.82, 2.24) is 19.7 Å². The second-order valence-electron chi connectivity index (χ2n) is 5.99. The summed E-state index contributed by atoms with van der Waals surface area (Å²) >= 11 is 2.87. The lowest BCUT2D eigenvalue weighted by atomic mass is 10.2. The lowest BCUT2D eigenvalue weighted by Crippen LogP contribution is -2.27. The molecule has 0 aliphatic heterocycles. The first-order valence-electron chi connectivity index (χ1n) is 8.38. The minimum atomic E-state index is -0.214. The van der Waals surface area contributed by atoms with Gasteiger partial charge in [-0.3, -0.25) is 14.0 Å². The first kappa shape index (κ1) is 17.6. The number of aromatic nitrogens is 3. The molecule has 4 aromatic rings. The highest BCUT2D eigenvalue weighted by molar-refractivity contribution is 7.15. The van der Waals surface area contributed by atoms with Crippen LogP contribution in [0.1, 0.15) is 21.9 Å². The third-order valence-corrected chi connectivity index (χ3v) is 5.79. The fraction of sp³-hybridized carbons (Fsp3) is 0.158. The van der Waals surface area contributed by atoms with Crippen molar-refractivity contribution in [2.24, 2.45) is 0 Å². The minimum absolute atomic E-state index is 0.0907. The summed E-state index contributed by atoms with van der Waals surface area (Å²) in [6.07, 6.45) is 0.548. The van der Waals surface area contributed by atoms with Crippen molar-refractivity contribution in [2.75, 3.05) is 6.54 Å². The molecule has 27 heavy (non-hydrogen) atoms. The molecule has 0 unspecified atom stereocenters. The largest absolute Gasteiger partial charge is 0.350 e. The summed E-state index contributed by atoms with van der Waals surface area (Å²) < 4.78 is 1.60. The molecule has 0 fully saturated rings. The van der Waals surface area contributed by atoms with Gasteiger partial charge >= 0.3 is 0 Å². The quantitative estimate of drug-likeness (QED) is 0.562. The molecule has 0 aliphatic carbocycles. The molecule has 6 nitrogen and oxygen atoms in total. The average molecular weight is 396 g/mol. The number of carbonyl (C=O) groups excluding carboxylic acids is 1. The second-order valence-corrected chi connectivity index (χ2v) is 7.69. The van der Waals surface area contributed by atoms with Gasteiger partial charge in [0.1, 0.15) is 10.7 Å². The number of rotatable bonds is 5. The van der Waals surface area contributed by atoms with Crippen molar-refractivity contribution < 1.29 is 4.79 Å². The van der Waals surface area contributed by atoms with E-state index in [-0.39, 0.29) is 11.5 Å². The number of hydrogen-bond donors (Lipinski definition) is 1. The summed E-state index contributed by atoms with van der Waals surface area (Å²) in [7, 11) is 0. The Bertz CT molecular complexity index is 1160. The van der Waals surface area contributed by atoms with Gasteiger partial charge in [-0.15, -0.1) is 22.7 Å². The number of hydrogen-bond acceptors (Lipinski definition) is 6. The molecule has 1 aromatic carbocycles. The Kier molecular flexibility index (Phi) is 4.83. The Morgan fingerprint density at radius 3 is 2.78 bits per heavy atom. The van der Waals surface area contributed by atoms with Crippen LogP contribution in [-0.2, 0) is 6.42 Å². The Hall–Kier alpha value is -2.84. The predicted octanol–water partition coefficient (Wildman–Crippen LogP) is 3.16. The molecule has 0 saturated heterocycles. The molecule has 0 saturated carbocycles. The molecular formula is C19H16N4O2S2. The predicted molar refractivity (Wildman–Crippen MR) is 108 cm³/mol. The van der Waals surface area contributed by atoms with Crippen molar-refractivity contribution in [3.63, 3.8) is 0 Å². The van der Waals surface area contributed by atoms with Gasteiger partial charge in [0.15, 0.2) is 4.96 Å². The van der Waals surface area contributed by atoms with E-state index in [1.807, 2.05) is 35.7 Å². The van der Waals surface area contributed by atoms with Crippen LogP contribution in [0.4, 0.5) is 0 Å². The molecule has 8 heteroatoms. The standard InChI is InChI=1S/C19H16N4O2S2/c1-12-9-16(24)23-14(10-27-19(23)21-12)7-8-20-17(25)15-11-26-18(22-15)13-5-3-2-4-6-13/h2-6,9-11H,7-8H2,1H3,(H,20,25). The topological polar surface area (TPSA) is 76.4 Å². The number of amides is 1. The van der Waals surface area contributed by atoms with Gasteiger partial charge in [-0.1, -0.05) is 30.3 Å². The zero-order valence-electron chi connectivity index (χ0n) is 14.5. The first-order valence-corrected chi connectivity index (χ1v) is 10.1. The second kappa shape index (κ2) is 7.42. The van der Waals surface area contributed by atoms with Crippen LogP contribution in [0.2, 0.25) is 0 Å².